The van der Waals surface area contributed by atoms with Crippen molar-refractivity contribution in [1.82, 2.24) is 4.98 Å². The maximum absolute atomic E-state index is 12.8. The van der Waals surface area contributed by atoms with Gasteiger partial charge in [0.2, 0.25) is 0 Å². The van der Waals surface area contributed by atoms with Gasteiger partial charge in [-0.05, 0) is 37.1 Å². The van der Waals surface area contributed by atoms with Crippen LogP contribution in [-0.4, -0.2) is 31.9 Å². The van der Waals surface area contributed by atoms with E-state index in [0.29, 0.717) is 23.1 Å². The Morgan fingerprint density at radius 1 is 1.33 bits per heavy atom. The Hall–Kier alpha value is -1.51. The zero-order chi connectivity index (χ0) is 17.0. The number of aromatic nitrogens is 1. The molecule has 0 amide bonds. The molecular formula is C16H18FNO4S2. The fourth-order valence-electron chi connectivity index (χ4n) is 2.50. The molecule has 0 N–H and O–H groups in total. The molecule has 2 aromatic rings. The van der Waals surface area contributed by atoms with Gasteiger partial charge in [-0.2, -0.15) is 0 Å². The summed E-state index contributed by atoms with van der Waals surface area (Å²) in [6, 6.07) is 5.71. The standard InChI is InChI=1S/C16H18FNO4S2/c17-12-3-5-14(6-4-12)22-8-16-18-13(9-23-16)10-24(19,20)11-15-2-1-7-21-15/h3-6,9,15H,1-2,7-8,10-11H2. The summed E-state index contributed by atoms with van der Waals surface area (Å²) in [7, 11) is -3.24. The van der Waals surface area contributed by atoms with Crippen molar-refractivity contribution < 1.29 is 22.3 Å². The molecular weight excluding hydrogens is 353 g/mol. The summed E-state index contributed by atoms with van der Waals surface area (Å²) in [6.07, 6.45) is 1.53. The van der Waals surface area contributed by atoms with E-state index in [9.17, 15) is 12.8 Å². The molecule has 1 aliphatic heterocycles. The van der Waals surface area contributed by atoms with Crippen molar-refractivity contribution >= 4 is 21.2 Å². The predicted molar refractivity (Wildman–Crippen MR) is 89.3 cm³/mol. The number of ether oxygens (including phenoxy) is 2. The summed E-state index contributed by atoms with van der Waals surface area (Å²) in [5, 5.41) is 2.41. The molecule has 24 heavy (non-hydrogen) atoms. The summed E-state index contributed by atoms with van der Waals surface area (Å²) in [5.41, 5.74) is 0.524. The quantitative estimate of drug-likeness (QED) is 0.749. The lowest BCUT2D eigenvalue weighted by Gasteiger charge is -2.09. The van der Waals surface area contributed by atoms with Crippen LogP contribution in [0.15, 0.2) is 29.6 Å². The number of sulfone groups is 1. The molecule has 3 rings (SSSR count). The molecule has 1 aromatic heterocycles. The van der Waals surface area contributed by atoms with Crippen molar-refractivity contribution in [2.45, 2.75) is 31.3 Å². The summed E-state index contributed by atoms with van der Waals surface area (Å²) in [5.74, 6) is 0.181. The second kappa shape index (κ2) is 7.58. The van der Waals surface area contributed by atoms with Crippen molar-refractivity contribution in [3.63, 3.8) is 0 Å². The first-order valence-corrected chi connectivity index (χ1v) is 10.3. The highest BCUT2D eigenvalue weighted by molar-refractivity contribution is 7.90. The summed E-state index contributed by atoms with van der Waals surface area (Å²) < 4.78 is 48.1. The number of thiazole rings is 1. The maximum Gasteiger partial charge on any atom is 0.158 e. The van der Waals surface area contributed by atoms with Crippen LogP contribution < -0.4 is 4.74 Å². The second-order valence-electron chi connectivity index (χ2n) is 5.66. The van der Waals surface area contributed by atoms with E-state index in [1.807, 2.05) is 0 Å². The Morgan fingerprint density at radius 3 is 2.83 bits per heavy atom. The molecule has 5 nitrogen and oxygen atoms in total. The molecule has 1 unspecified atom stereocenters. The van der Waals surface area contributed by atoms with Crippen LogP contribution in [-0.2, 0) is 26.9 Å². The SMILES string of the molecule is O=S(=O)(Cc1csc(COc2ccc(F)cc2)n1)CC1CCCO1. The fraction of sp³-hybridized carbons (Fsp3) is 0.438. The molecule has 0 aliphatic carbocycles. The highest BCUT2D eigenvalue weighted by atomic mass is 32.2. The monoisotopic (exact) mass is 371 g/mol. The van der Waals surface area contributed by atoms with E-state index in [1.165, 1.54) is 35.6 Å². The minimum Gasteiger partial charge on any atom is -0.486 e. The molecule has 0 bridgehead atoms. The van der Waals surface area contributed by atoms with Crippen LogP contribution in [0.4, 0.5) is 4.39 Å². The Bertz CT molecular complexity index is 768. The Balaban J connectivity index is 1.53. The Labute approximate surface area is 144 Å². The third kappa shape index (κ3) is 4.99. The van der Waals surface area contributed by atoms with Crippen LogP contribution in [0.5, 0.6) is 5.75 Å². The number of rotatable bonds is 7. The average Bonchev–Trinajstić information content (AvgIpc) is 3.18. The number of benzene rings is 1. The van der Waals surface area contributed by atoms with Crippen LogP contribution >= 0.6 is 11.3 Å². The molecule has 0 spiro atoms. The lowest BCUT2D eigenvalue weighted by molar-refractivity contribution is 0.127. The fourth-order valence-corrected chi connectivity index (χ4v) is 4.86. The van der Waals surface area contributed by atoms with E-state index in [4.69, 9.17) is 9.47 Å². The van der Waals surface area contributed by atoms with Gasteiger partial charge in [-0.3, -0.25) is 0 Å². The zero-order valence-electron chi connectivity index (χ0n) is 13.0. The first-order valence-electron chi connectivity index (χ1n) is 7.64. The summed E-state index contributed by atoms with van der Waals surface area (Å²) >= 11 is 1.35. The van der Waals surface area contributed by atoms with Gasteiger partial charge in [-0.25, -0.2) is 17.8 Å². The largest absolute Gasteiger partial charge is 0.486 e. The van der Waals surface area contributed by atoms with Gasteiger partial charge >= 0.3 is 0 Å². The minimum absolute atomic E-state index is 0.0476. The number of nitrogens with zero attached hydrogens (tertiary/aromatic N) is 1. The van der Waals surface area contributed by atoms with Gasteiger partial charge in [0, 0.05) is 12.0 Å². The molecule has 1 atom stereocenters. The lowest BCUT2D eigenvalue weighted by atomic mass is 10.3. The average molecular weight is 371 g/mol. The minimum atomic E-state index is -3.24. The van der Waals surface area contributed by atoms with E-state index in [1.54, 1.807) is 5.38 Å². The van der Waals surface area contributed by atoms with Gasteiger partial charge in [0.1, 0.15) is 23.2 Å². The van der Waals surface area contributed by atoms with E-state index >= 15 is 0 Å². The van der Waals surface area contributed by atoms with E-state index in [0.717, 1.165) is 12.8 Å². The van der Waals surface area contributed by atoms with Crippen molar-refractivity contribution in [3.05, 3.63) is 46.2 Å². The van der Waals surface area contributed by atoms with Crippen LogP contribution in [0.2, 0.25) is 0 Å². The van der Waals surface area contributed by atoms with Crippen LogP contribution in [0.1, 0.15) is 23.5 Å². The molecule has 2 heterocycles. The highest BCUT2D eigenvalue weighted by Crippen LogP contribution is 2.19. The molecule has 1 aliphatic rings. The van der Waals surface area contributed by atoms with Gasteiger partial charge in [-0.15, -0.1) is 11.3 Å². The number of hydrogen-bond acceptors (Lipinski definition) is 6. The van der Waals surface area contributed by atoms with Gasteiger partial charge in [0.25, 0.3) is 0 Å². The Kier molecular flexibility index (Phi) is 5.47. The van der Waals surface area contributed by atoms with Gasteiger partial charge in [0.15, 0.2) is 9.84 Å². The summed E-state index contributed by atoms with van der Waals surface area (Å²) in [4.78, 5) is 4.30. The van der Waals surface area contributed by atoms with Crippen molar-refractivity contribution in [2.75, 3.05) is 12.4 Å². The first-order chi connectivity index (χ1) is 11.5. The first kappa shape index (κ1) is 17.3. The van der Waals surface area contributed by atoms with Crippen LogP contribution in [0.3, 0.4) is 0 Å². The van der Waals surface area contributed by atoms with E-state index < -0.39 is 9.84 Å². The predicted octanol–water partition coefficient (Wildman–Crippen LogP) is 2.96. The van der Waals surface area contributed by atoms with Gasteiger partial charge in [-0.1, -0.05) is 0 Å². The lowest BCUT2D eigenvalue weighted by Crippen LogP contribution is -2.21. The Morgan fingerprint density at radius 2 is 2.12 bits per heavy atom. The van der Waals surface area contributed by atoms with Gasteiger partial charge < -0.3 is 9.47 Å². The maximum atomic E-state index is 12.8. The smallest absolute Gasteiger partial charge is 0.158 e. The normalized spacial score (nSPS) is 18.0. The molecule has 0 saturated carbocycles. The molecule has 1 aromatic carbocycles. The van der Waals surface area contributed by atoms with E-state index in [-0.39, 0.29) is 30.0 Å². The van der Waals surface area contributed by atoms with Crippen molar-refractivity contribution in [1.29, 1.82) is 0 Å². The van der Waals surface area contributed by atoms with Crippen LogP contribution in [0, 0.1) is 5.82 Å². The third-order valence-corrected chi connectivity index (χ3v) is 6.09. The third-order valence-electron chi connectivity index (χ3n) is 3.61. The topological polar surface area (TPSA) is 65.5 Å². The molecule has 130 valence electrons. The number of hydrogen-bond donors (Lipinski definition) is 0. The van der Waals surface area contributed by atoms with Gasteiger partial charge in [0.05, 0.1) is 23.3 Å². The van der Waals surface area contributed by atoms with Crippen molar-refractivity contribution in [2.24, 2.45) is 0 Å². The zero-order valence-corrected chi connectivity index (χ0v) is 14.6. The molecule has 1 fully saturated rings. The molecule has 8 heteroatoms. The highest BCUT2D eigenvalue weighted by Gasteiger charge is 2.24. The molecule has 1 saturated heterocycles. The second-order valence-corrected chi connectivity index (χ2v) is 8.72. The number of halogens is 1. The van der Waals surface area contributed by atoms with E-state index in [2.05, 4.69) is 4.98 Å². The molecule has 0 radical (unpaired) electrons. The van der Waals surface area contributed by atoms with Crippen LogP contribution in [0.25, 0.3) is 0 Å². The van der Waals surface area contributed by atoms with Crippen molar-refractivity contribution in [3.8, 4) is 5.75 Å². The summed E-state index contributed by atoms with van der Waals surface area (Å²) in [6.45, 7) is 0.865.